The third-order valence-corrected chi connectivity index (χ3v) is 3.64. The Hall–Kier alpha value is -3.75. The number of carboxylic acid groups (broad SMARTS) is 1. The highest BCUT2D eigenvalue weighted by molar-refractivity contribution is 5.84. The second kappa shape index (κ2) is 5.71. The highest BCUT2D eigenvalue weighted by Crippen LogP contribution is 2.14. The summed E-state index contributed by atoms with van der Waals surface area (Å²) in [6, 6.07) is 11.9. The molecule has 0 saturated heterocycles. The molecule has 0 aliphatic carbocycles. The minimum atomic E-state index is -1.18. The van der Waals surface area contributed by atoms with Gasteiger partial charge in [-0.3, -0.25) is 9.36 Å². The van der Waals surface area contributed by atoms with E-state index in [1.807, 2.05) is 18.2 Å². The molecule has 0 radical (unpaired) electrons. The summed E-state index contributed by atoms with van der Waals surface area (Å²) in [5.74, 6) is -0.823. The predicted molar refractivity (Wildman–Crippen MR) is 85.2 cm³/mol. The average molecular weight is 337 g/mol. The first-order valence-corrected chi connectivity index (χ1v) is 7.32. The van der Waals surface area contributed by atoms with E-state index in [1.54, 1.807) is 12.1 Å². The van der Waals surface area contributed by atoms with Gasteiger partial charge < -0.3 is 9.52 Å². The van der Waals surface area contributed by atoms with E-state index in [4.69, 9.17) is 9.52 Å². The molecule has 3 aromatic heterocycles. The van der Waals surface area contributed by atoms with Crippen molar-refractivity contribution < 1.29 is 14.3 Å². The Bertz CT molecular complexity index is 1130. The second-order valence-electron chi connectivity index (χ2n) is 5.25. The van der Waals surface area contributed by atoms with Crippen LogP contribution in [0.2, 0.25) is 0 Å². The summed E-state index contributed by atoms with van der Waals surface area (Å²) in [5.41, 5.74) is 0.514. The van der Waals surface area contributed by atoms with E-state index < -0.39 is 5.97 Å². The number of aromatic nitrogens is 5. The molecule has 1 N–H and O–H groups in total. The van der Waals surface area contributed by atoms with Gasteiger partial charge in [0.2, 0.25) is 5.76 Å². The molecule has 0 unspecified atom stereocenters. The smallest absolute Gasteiger partial charge is 0.371 e. The lowest BCUT2D eigenvalue weighted by atomic mass is 10.2. The lowest BCUT2D eigenvalue weighted by Crippen LogP contribution is -2.26. The van der Waals surface area contributed by atoms with Crippen LogP contribution in [0, 0.1) is 0 Å². The Morgan fingerprint density at radius 1 is 1.16 bits per heavy atom. The minimum absolute atomic E-state index is 0.0106. The predicted octanol–water partition coefficient (Wildman–Crippen LogP) is 1.29. The van der Waals surface area contributed by atoms with Crippen LogP contribution in [-0.2, 0) is 6.54 Å². The zero-order chi connectivity index (χ0) is 17.4. The van der Waals surface area contributed by atoms with Gasteiger partial charge in [0, 0.05) is 5.56 Å². The molecular weight excluding hydrogens is 326 g/mol. The van der Waals surface area contributed by atoms with Crippen LogP contribution < -0.4 is 5.56 Å². The van der Waals surface area contributed by atoms with Crippen molar-refractivity contribution in [2.45, 2.75) is 6.54 Å². The third kappa shape index (κ3) is 2.57. The number of fused-ring (bicyclic) bond motifs is 1. The van der Waals surface area contributed by atoms with Crippen LogP contribution in [0.3, 0.4) is 0 Å². The molecule has 0 spiro atoms. The largest absolute Gasteiger partial charge is 0.475 e. The minimum Gasteiger partial charge on any atom is -0.475 e. The van der Waals surface area contributed by atoms with E-state index in [-0.39, 0.29) is 29.3 Å². The summed E-state index contributed by atoms with van der Waals surface area (Å²) in [6.07, 6.45) is 1.39. The number of hydrogen-bond acceptors (Lipinski definition) is 6. The summed E-state index contributed by atoms with van der Waals surface area (Å²) < 4.78 is 7.97. The number of nitrogens with zero attached hydrogens (tertiary/aromatic N) is 5. The highest BCUT2D eigenvalue weighted by atomic mass is 16.4. The van der Waals surface area contributed by atoms with Crippen molar-refractivity contribution in [3.63, 3.8) is 0 Å². The molecule has 0 bridgehead atoms. The highest BCUT2D eigenvalue weighted by Gasteiger charge is 2.17. The molecule has 0 aliphatic heterocycles. The average Bonchev–Trinajstić information content (AvgIpc) is 3.27. The fourth-order valence-electron chi connectivity index (χ4n) is 2.49. The first-order chi connectivity index (χ1) is 12.1. The molecule has 25 heavy (non-hydrogen) atoms. The molecule has 0 aliphatic rings. The fourth-order valence-corrected chi connectivity index (χ4v) is 2.49. The number of aromatic carboxylic acids is 1. The van der Waals surface area contributed by atoms with Gasteiger partial charge in [0.25, 0.3) is 11.3 Å². The monoisotopic (exact) mass is 337 g/mol. The van der Waals surface area contributed by atoms with Gasteiger partial charge in [-0.1, -0.05) is 30.3 Å². The summed E-state index contributed by atoms with van der Waals surface area (Å²) in [6.45, 7) is 0.0106. The maximum Gasteiger partial charge on any atom is 0.371 e. The Morgan fingerprint density at radius 3 is 2.68 bits per heavy atom. The lowest BCUT2D eigenvalue weighted by molar-refractivity contribution is 0.0660. The standard InChI is InChI=1S/C16H11N5O4/c22-14-13(10-4-2-1-3-5-10)19-21-9-17-18-16(21)20(14)8-11-6-7-12(25-11)15(23)24/h1-7,9H,8H2,(H,23,24). The number of rotatable bonds is 4. The number of hydrogen-bond donors (Lipinski definition) is 1. The van der Waals surface area contributed by atoms with Crippen molar-refractivity contribution in [1.82, 2.24) is 24.4 Å². The van der Waals surface area contributed by atoms with Crippen LogP contribution in [-0.4, -0.2) is 35.5 Å². The van der Waals surface area contributed by atoms with Gasteiger partial charge in [0.15, 0.2) is 5.69 Å². The Balaban J connectivity index is 1.87. The Kier molecular flexibility index (Phi) is 3.38. The first kappa shape index (κ1) is 14.8. The van der Waals surface area contributed by atoms with Gasteiger partial charge in [-0.05, 0) is 12.1 Å². The van der Waals surface area contributed by atoms with Gasteiger partial charge in [0.1, 0.15) is 12.1 Å². The van der Waals surface area contributed by atoms with Gasteiger partial charge in [-0.2, -0.15) is 9.61 Å². The molecule has 0 atom stereocenters. The zero-order valence-electron chi connectivity index (χ0n) is 12.7. The van der Waals surface area contributed by atoms with E-state index >= 15 is 0 Å². The van der Waals surface area contributed by atoms with Gasteiger partial charge in [-0.15, -0.1) is 10.2 Å². The molecule has 9 heteroatoms. The van der Waals surface area contributed by atoms with Gasteiger partial charge in [0.05, 0.1) is 6.54 Å². The molecule has 9 nitrogen and oxygen atoms in total. The number of furan rings is 1. The molecule has 0 amide bonds. The summed E-state index contributed by atoms with van der Waals surface area (Å²) in [7, 11) is 0. The molecule has 124 valence electrons. The van der Waals surface area contributed by atoms with E-state index in [0.717, 1.165) is 0 Å². The van der Waals surface area contributed by atoms with Crippen molar-refractivity contribution in [1.29, 1.82) is 0 Å². The third-order valence-electron chi connectivity index (χ3n) is 3.64. The quantitative estimate of drug-likeness (QED) is 0.596. The van der Waals surface area contributed by atoms with Crippen molar-refractivity contribution in [3.05, 3.63) is 70.7 Å². The summed E-state index contributed by atoms with van der Waals surface area (Å²) in [4.78, 5) is 23.8. The van der Waals surface area contributed by atoms with Crippen LogP contribution in [0.4, 0.5) is 0 Å². The van der Waals surface area contributed by atoms with Crippen LogP contribution in [0.25, 0.3) is 17.0 Å². The van der Waals surface area contributed by atoms with E-state index in [9.17, 15) is 9.59 Å². The van der Waals surface area contributed by atoms with E-state index in [0.29, 0.717) is 11.3 Å². The zero-order valence-corrected chi connectivity index (χ0v) is 12.7. The maximum atomic E-state index is 12.9. The lowest BCUT2D eigenvalue weighted by Gasteiger charge is -2.08. The van der Waals surface area contributed by atoms with Crippen molar-refractivity contribution >= 4 is 11.7 Å². The summed E-state index contributed by atoms with van der Waals surface area (Å²) >= 11 is 0. The molecule has 3 heterocycles. The van der Waals surface area contributed by atoms with Crippen molar-refractivity contribution in [2.24, 2.45) is 0 Å². The Morgan fingerprint density at radius 2 is 1.96 bits per heavy atom. The second-order valence-corrected chi connectivity index (χ2v) is 5.25. The SMILES string of the molecule is O=C(O)c1ccc(Cn2c(=O)c(-c3ccccc3)nn3cnnc23)o1. The molecule has 4 aromatic rings. The number of benzene rings is 1. The first-order valence-electron chi connectivity index (χ1n) is 7.32. The normalized spacial score (nSPS) is 11.0. The van der Waals surface area contributed by atoms with Crippen LogP contribution in [0.5, 0.6) is 0 Å². The number of carboxylic acids is 1. The van der Waals surface area contributed by atoms with Crippen LogP contribution in [0.15, 0.2) is 58.0 Å². The molecule has 1 aromatic carbocycles. The van der Waals surface area contributed by atoms with Gasteiger partial charge in [-0.25, -0.2) is 4.79 Å². The topological polar surface area (TPSA) is 116 Å². The maximum absolute atomic E-state index is 12.9. The molecule has 0 fully saturated rings. The fraction of sp³-hybridized carbons (Fsp3) is 0.0625. The van der Waals surface area contributed by atoms with Crippen molar-refractivity contribution in [2.75, 3.05) is 0 Å². The van der Waals surface area contributed by atoms with Crippen molar-refractivity contribution in [3.8, 4) is 11.3 Å². The Labute approximate surface area is 139 Å². The van der Waals surface area contributed by atoms with Gasteiger partial charge >= 0.3 is 5.97 Å². The van der Waals surface area contributed by atoms with Crippen LogP contribution >= 0.6 is 0 Å². The van der Waals surface area contributed by atoms with E-state index in [2.05, 4.69) is 15.3 Å². The van der Waals surface area contributed by atoms with E-state index in [1.165, 1.54) is 27.5 Å². The molecular formula is C16H11N5O4. The van der Waals surface area contributed by atoms with Crippen LogP contribution in [0.1, 0.15) is 16.3 Å². The summed E-state index contributed by atoms with van der Waals surface area (Å²) in [5, 5.41) is 20.9. The number of carbonyl (C=O) groups is 1. The molecule has 4 rings (SSSR count). The molecule has 0 saturated carbocycles.